The van der Waals surface area contributed by atoms with Gasteiger partial charge >= 0.3 is 12.1 Å². The van der Waals surface area contributed by atoms with Crippen molar-refractivity contribution in [3.05, 3.63) is 111 Å². The molecule has 0 aliphatic carbocycles. The molecule has 0 fully saturated rings. The maximum Gasteiger partial charge on any atom is 0.411 e. The fraction of sp³-hybridized carbons (Fsp3) is 0.250. The van der Waals surface area contributed by atoms with Crippen LogP contribution in [0, 0.1) is 10.1 Å². The van der Waals surface area contributed by atoms with E-state index >= 15 is 0 Å². The van der Waals surface area contributed by atoms with Crippen LogP contribution in [0.5, 0.6) is 0 Å². The zero-order chi connectivity index (χ0) is 27.1. The average molecular weight is 518 g/mol. The van der Waals surface area contributed by atoms with E-state index in [0.29, 0.717) is 0 Å². The molecule has 0 unspecified atom stereocenters. The molecule has 2 atom stereocenters. The van der Waals surface area contributed by atoms with E-state index < -0.39 is 35.0 Å². The summed E-state index contributed by atoms with van der Waals surface area (Å²) in [5, 5.41) is 14.1. The average Bonchev–Trinajstić information content (AvgIpc) is 2.95. The largest absolute Gasteiger partial charge is 0.467 e. The third-order valence-electron chi connectivity index (χ3n) is 6.41. The van der Waals surface area contributed by atoms with E-state index in [9.17, 15) is 24.5 Å². The van der Waals surface area contributed by atoms with Crippen molar-refractivity contribution in [1.82, 2.24) is 10.2 Å². The molecule has 3 aromatic rings. The van der Waals surface area contributed by atoms with E-state index in [1.54, 1.807) is 6.07 Å². The van der Waals surface area contributed by atoms with Crippen molar-refractivity contribution < 1.29 is 28.8 Å². The quantitative estimate of drug-likeness (QED) is 0.275. The summed E-state index contributed by atoms with van der Waals surface area (Å²) in [5.74, 6) is -1.35. The second-order valence-corrected chi connectivity index (χ2v) is 8.83. The first-order valence-electron chi connectivity index (χ1n) is 12.0. The fourth-order valence-corrected chi connectivity index (χ4v) is 4.44. The number of amides is 2. The lowest BCUT2D eigenvalue weighted by Gasteiger charge is -2.35. The molecule has 0 spiro atoms. The molecule has 4 rings (SSSR count). The standard InChI is InChI=1S/C28H27N3O7/c1-37-27(33)23(15-21-12-7-8-14-24(21)31(35)36)29-26(32)25-16-20-11-5-6-13-22(20)17-30(25)28(34)38-18-19-9-3-2-4-10-19/h2-14,23,25H,15-18H2,1H3,(H,29,32)/t23-,25-/m0/s1. The Kier molecular flexibility index (Phi) is 8.32. The summed E-state index contributed by atoms with van der Waals surface area (Å²) in [6, 6.07) is 20.5. The monoisotopic (exact) mass is 517 g/mol. The van der Waals surface area contributed by atoms with Crippen molar-refractivity contribution in [2.45, 2.75) is 38.1 Å². The van der Waals surface area contributed by atoms with Gasteiger partial charge < -0.3 is 14.8 Å². The number of ether oxygens (including phenoxy) is 2. The predicted molar refractivity (Wildman–Crippen MR) is 137 cm³/mol. The molecule has 0 radical (unpaired) electrons. The molecule has 196 valence electrons. The van der Waals surface area contributed by atoms with Gasteiger partial charge in [-0.1, -0.05) is 72.8 Å². The van der Waals surface area contributed by atoms with Crippen LogP contribution in [0.2, 0.25) is 0 Å². The molecule has 3 aromatic carbocycles. The number of methoxy groups -OCH3 is 1. The summed E-state index contributed by atoms with van der Waals surface area (Å²) in [6.07, 6.45) is -0.615. The van der Waals surface area contributed by atoms with Gasteiger partial charge in [-0.2, -0.15) is 0 Å². The van der Waals surface area contributed by atoms with Crippen LogP contribution in [0.4, 0.5) is 10.5 Å². The molecular formula is C28H27N3O7. The lowest BCUT2D eigenvalue weighted by atomic mass is 9.93. The lowest BCUT2D eigenvalue weighted by Crippen LogP contribution is -2.56. The minimum atomic E-state index is -1.20. The highest BCUT2D eigenvalue weighted by Gasteiger charge is 2.37. The van der Waals surface area contributed by atoms with Gasteiger partial charge in [0.05, 0.1) is 18.6 Å². The Balaban J connectivity index is 1.56. The van der Waals surface area contributed by atoms with Gasteiger partial charge in [-0.25, -0.2) is 9.59 Å². The Morgan fingerprint density at radius 3 is 2.37 bits per heavy atom. The van der Waals surface area contributed by atoms with E-state index in [1.165, 1.54) is 30.2 Å². The summed E-state index contributed by atoms with van der Waals surface area (Å²) in [4.78, 5) is 51.5. The summed E-state index contributed by atoms with van der Waals surface area (Å²) in [6.45, 7) is 0.184. The molecule has 1 aliphatic heterocycles. The molecule has 0 bridgehead atoms. The Bertz CT molecular complexity index is 1330. The van der Waals surface area contributed by atoms with E-state index in [0.717, 1.165) is 16.7 Å². The van der Waals surface area contributed by atoms with Crippen molar-refractivity contribution in [3.63, 3.8) is 0 Å². The normalized spacial score (nSPS) is 15.1. The number of nitro groups is 1. The van der Waals surface area contributed by atoms with Crippen LogP contribution in [0.1, 0.15) is 22.3 Å². The molecule has 2 amide bonds. The minimum Gasteiger partial charge on any atom is -0.467 e. The number of nitrogens with one attached hydrogen (secondary N) is 1. The first kappa shape index (κ1) is 26.3. The Morgan fingerprint density at radius 2 is 1.66 bits per heavy atom. The SMILES string of the molecule is COC(=O)[C@H](Cc1ccccc1[N+](=O)[O-])NC(=O)[C@@H]1Cc2ccccc2CN1C(=O)OCc1ccccc1. The van der Waals surface area contributed by atoms with Gasteiger partial charge in [0.2, 0.25) is 5.91 Å². The van der Waals surface area contributed by atoms with Crippen molar-refractivity contribution in [3.8, 4) is 0 Å². The number of carbonyl (C=O) groups excluding carboxylic acids is 3. The summed E-state index contributed by atoms with van der Waals surface area (Å²) < 4.78 is 10.4. The third-order valence-corrected chi connectivity index (χ3v) is 6.41. The highest BCUT2D eigenvalue weighted by atomic mass is 16.6. The number of fused-ring (bicyclic) bond motifs is 1. The first-order chi connectivity index (χ1) is 18.4. The van der Waals surface area contributed by atoms with Gasteiger partial charge in [-0.05, 0) is 16.7 Å². The molecule has 1 N–H and O–H groups in total. The number of para-hydroxylation sites is 1. The van der Waals surface area contributed by atoms with E-state index in [2.05, 4.69) is 5.32 Å². The van der Waals surface area contributed by atoms with Crippen molar-refractivity contribution in [1.29, 1.82) is 0 Å². The van der Waals surface area contributed by atoms with Gasteiger partial charge in [-0.15, -0.1) is 0 Å². The fourth-order valence-electron chi connectivity index (χ4n) is 4.44. The highest BCUT2D eigenvalue weighted by Crippen LogP contribution is 2.25. The molecule has 0 saturated carbocycles. The lowest BCUT2D eigenvalue weighted by molar-refractivity contribution is -0.385. The van der Waals surface area contributed by atoms with Crippen LogP contribution < -0.4 is 5.32 Å². The van der Waals surface area contributed by atoms with Crippen LogP contribution in [0.15, 0.2) is 78.9 Å². The predicted octanol–water partition coefficient (Wildman–Crippen LogP) is 3.56. The molecule has 0 aromatic heterocycles. The van der Waals surface area contributed by atoms with Gasteiger partial charge in [0.25, 0.3) is 5.69 Å². The molecule has 10 nitrogen and oxygen atoms in total. The molecule has 1 aliphatic rings. The topological polar surface area (TPSA) is 128 Å². The van der Waals surface area contributed by atoms with Crippen LogP contribution >= 0.6 is 0 Å². The zero-order valence-corrected chi connectivity index (χ0v) is 20.7. The first-order valence-corrected chi connectivity index (χ1v) is 12.0. The summed E-state index contributed by atoms with van der Waals surface area (Å²) in [5.41, 5.74) is 2.68. The second kappa shape index (κ2) is 12.0. The number of carbonyl (C=O) groups is 3. The number of hydrogen-bond donors (Lipinski definition) is 1. The number of hydrogen-bond acceptors (Lipinski definition) is 7. The molecule has 38 heavy (non-hydrogen) atoms. The van der Waals surface area contributed by atoms with Gasteiger partial charge in [0.15, 0.2) is 0 Å². The van der Waals surface area contributed by atoms with Gasteiger partial charge in [0, 0.05) is 24.5 Å². The molecule has 10 heteroatoms. The molecular weight excluding hydrogens is 490 g/mol. The molecule has 0 saturated heterocycles. The van der Waals surface area contributed by atoms with Gasteiger partial charge in [-0.3, -0.25) is 19.8 Å². The van der Waals surface area contributed by atoms with Crippen molar-refractivity contribution in [2.75, 3.05) is 7.11 Å². The number of nitrogens with zero attached hydrogens (tertiary/aromatic N) is 2. The minimum absolute atomic E-state index is 0.0363. The van der Waals surface area contributed by atoms with Crippen LogP contribution in [0.25, 0.3) is 0 Å². The zero-order valence-electron chi connectivity index (χ0n) is 20.7. The van der Waals surface area contributed by atoms with E-state index in [1.807, 2.05) is 54.6 Å². The molecule has 1 heterocycles. The maximum atomic E-state index is 13.5. The Labute approximate surface area is 219 Å². The summed E-state index contributed by atoms with van der Waals surface area (Å²) in [7, 11) is 1.17. The number of esters is 1. The number of rotatable bonds is 8. The van der Waals surface area contributed by atoms with Crippen LogP contribution in [-0.2, 0) is 45.1 Å². The van der Waals surface area contributed by atoms with E-state index in [4.69, 9.17) is 9.47 Å². The maximum absolute atomic E-state index is 13.5. The van der Waals surface area contributed by atoms with Crippen molar-refractivity contribution in [2.24, 2.45) is 0 Å². The van der Waals surface area contributed by atoms with Crippen molar-refractivity contribution >= 4 is 23.7 Å². The third kappa shape index (κ3) is 6.15. The Hall–Kier alpha value is -4.73. The highest BCUT2D eigenvalue weighted by molar-refractivity contribution is 5.90. The second-order valence-electron chi connectivity index (χ2n) is 8.83. The Morgan fingerprint density at radius 1 is 1.00 bits per heavy atom. The van der Waals surface area contributed by atoms with E-state index in [-0.39, 0.29) is 37.2 Å². The number of benzene rings is 3. The van der Waals surface area contributed by atoms with Crippen LogP contribution in [0.3, 0.4) is 0 Å². The smallest absolute Gasteiger partial charge is 0.411 e. The van der Waals surface area contributed by atoms with Crippen LogP contribution in [-0.4, -0.2) is 47.0 Å². The summed E-state index contributed by atoms with van der Waals surface area (Å²) >= 11 is 0. The van der Waals surface area contributed by atoms with Gasteiger partial charge in [0.1, 0.15) is 18.7 Å². The number of nitro benzene ring substituents is 1.